The predicted molar refractivity (Wildman–Crippen MR) is 118 cm³/mol. The third-order valence-corrected chi connectivity index (χ3v) is 5.47. The second-order valence-electron chi connectivity index (χ2n) is 7.03. The summed E-state index contributed by atoms with van der Waals surface area (Å²) >= 11 is 12.1. The lowest BCUT2D eigenvalue weighted by molar-refractivity contribution is 0.0746. The quantitative estimate of drug-likeness (QED) is 0.577. The molecule has 30 heavy (non-hydrogen) atoms. The number of aromatic nitrogens is 2. The Morgan fingerprint density at radius 3 is 2.40 bits per heavy atom. The van der Waals surface area contributed by atoms with Gasteiger partial charge in [-0.25, -0.2) is 9.97 Å². The molecule has 2 heterocycles. The number of halogens is 2. The van der Waals surface area contributed by atoms with Crippen LogP contribution in [0.5, 0.6) is 11.6 Å². The molecular weight excluding hydrogens is 423 g/mol. The first-order valence-electron chi connectivity index (χ1n) is 9.55. The van der Waals surface area contributed by atoms with Crippen LogP contribution in [0.3, 0.4) is 0 Å². The monoisotopic (exact) mass is 442 g/mol. The van der Waals surface area contributed by atoms with Gasteiger partial charge < -0.3 is 14.5 Å². The topological polar surface area (TPSA) is 58.6 Å². The van der Waals surface area contributed by atoms with Crippen molar-refractivity contribution in [3.63, 3.8) is 0 Å². The molecule has 1 fully saturated rings. The predicted octanol–water partition coefficient (Wildman–Crippen LogP) is 4.85. The Labute approximate surface area is 185 Å². The van der Waals surface area contributed by atoms with Gasteiger partial charge in [0, 0.05) is 37.3 Å². The minimum Gasteiger partial charge on any atom is -0.439 e. The van der Waals surface area contributed by atoms with Gasteiger partial charge in [0.05, 0.1) is 10.6 Å². The Kier molecular flexibility index (Phi) is 6.06. The molecule has 3 aromatic rings. The van der Waals surface area contributed by atoms with E-state index in [-0.39, 0.29) is 5.91 Å². The smallest absolute Gasteiger partial charge is 0.255 e. The number of benzene rings is 2. The molecule has 1 aliphatic rings. The fourth-order valence-corrected chi connectivity index (χ4v) is 3.75. The van der Waals surface area contributed by atoms with Gasteiger partial charge in [0.15, 0.2) is 0 Å². The largest absolute Gasteiger partial charge is 0.439 e. The number of rotatable bonds is 4. The van der Waals surface area contributed by atoms with Gasteiger partial charge in [-0.1, -0.05) is 40.9 Å². The second kappa shape index (κ2) is 8.90. The molecule has 0 spiro atoms. The molecule has 8 heteroatoms. The van der Waals surface area contributed by atoms with Crippen molar-refractivity contribution in [2.24, 2.45) is 0 Å². The van der Waals surface area contributed by atoms with Crippen LogP contribution in [0.15, 0.2) is 54.9 Å². The molecule has 0 saturated carbocycles. The summed E-state index contributed by atoms with van der Waals surface area (Å²) in [6.45, 7) is 4.46. The lowest BCUT2D eigenvalue weighted by Gasteiger charge is -2.35. The summed E-state index contributed by atoms with van der Waals surface area (Å²) in [5.74, 6) is 1.88. The molecule has 0 unspecified atom stereocenters. The van der Waals surface area contributed by atoms with Gasteiger partial charge in [-0.3, -0.25) is 4.79 Å². The van der Waals surface area contributed by atoms with E-state index in [1.807, 2.05) is 37.3 Å². The number of piperazine rings is 1. The molecule has 1 saturated heterocycles. The van der Waals surface area contributed by atoms with Gasteiger partial charge in [-0.15, -0.1) is 0 Å². The zero-order chi connectivity index (χ0) is 21.1. The number of hydrogen-bond acceptors (Lipinski definition) is 5. The van der Waals surface area contributed by atoms with E-state index in [1.165, 1.54) is 6.33 Å². The van der Waals surface area contributed by atoms with E-state index < -0.39 is 0 Å². The molecule has 1 aliphatic heterocycles. The molecule has 2 aromatic carbocycles. The normalized spacial score (nSPS) is 14.0. The molecule has 154 valence electrons. The third kappa shape index (κ3) is 4.66. The van der Waals surface area contributed by atoms with Crippen LogP contribution >= 0.6 is 23.2 Å². The van der Waals surface area contributed by atoms with Crippen molar-refractivity contribution in [2.45, 2.75) is 6.92 Å². The maximum absolute atomic E-state index is 12.8. The van der Waals surface area contributed by atoms with Gasteiger partial charge in [-0.05, 0) is 37.3 Å². The number of carbonyl (C=O) groups excluding carboxylic acids is 1. The Morgan fingerprint density at radius 2 is 1.70 bits per heavy atom. The number of nitrogens with zero attached hydrogens (tertiary/aromatic N) is 4. The van der Waals surface area contributed by atoms with Gasteiger partial charge in [0.1, 0.15) is 17.9 Å². The molecule has 4 rings (SSSR count). The van der Waals surface area contributed by atoms with E-state index in [4.69, 9.17) is 27.9 Å². The first kappa shape index (κ1) is 20.4. The fourth-order valence-electron chi connectivity index (χ4n) is 3.26. The van der Waals surface area contributed by atoms with E-state index in [1.54, 1.807) is 23.1 Å². The van der Waals surface area contributed by atoms with E-state index >= 15 is 0 Å². The van der Waals surface area contributed by atoms with E-state index in [0.717, 1.165) is 17.1 Å². The summed E-state index contributed by atoms with van der Waals surface area (Å²) in [4.78, 5) is 25.3. The molecule has 6 nitrogen and oxygen atoms in total. The first-order chi connectivity index (χ1) is 14.5. The van der Waals surface area contributed by atoms with Gasteiger partial charge in [0.25, 0.3) is 5.91 Å². The molecule has 1 amide bonds. The summed E-state index contributed by atoms with van der Waals surface area (Å²) in [5, 5.41) is 0.873. The average Bonchev–Trinajstić information content (AvgIpc) is 2.75. The van der Waals surface area contributed by atoms with Crippen molar-refractivity contribution in [3.05, 3.63) is 76.0 Å². The fraction of sp³-hybridized carbons (Fsp3) is 0.227. The Bertz CT molecular complexity index is 1050. The standard InChI is InChI=1S/C22H20Cl2N4O2/c1-15-2-5-17(6-3-15)30-21-13-20(25-14-26-21)27-8-10-28(11-9-27)22(29)18-7-4-16(23)12-19(18)24/h2-7,12-14H,8-11H2,1H3. The van der Waals surface area contributed by atoms with Crippen molar-refractivity contribution in [1.29, 1.82) is 0 Å². The first-order valence-corrected chi connectivity index (χ1v) is 10.3. The maximum Gasteiger partial charge on any atom is 0.255 e. The number of hydrogen-bond donors (Lipinski definition) is 0. The van der Waals surface area contributed by atoms with Gasteiger partial charge >= 0.3 is 0 Å². The number of ether oxygens (including phenoxy) is 1. The molecule has 0 bridgehead atoms. The number of amides is 1. The van der Waals surface area contributed by atoms with Gasteiger partial charge in [-0.2, -0.15) is 0 Å². The molecule has 0 atom stereocenters. The van der Waals surface area contributed by atoms with E-state index in [9.17, 15) is 4.79 Å². The lowest BCUT2D eigenvalue weighted by atomic mass is 10.2. The van der Waals surface area contributed by atoms with Crippen molar-refractivity contribution in [1.82, 2.24) is 14.9 Å². The van der Waals surface area contributed by atoms with Crippen molar-refractivity contribution in [3.8, 4) is 11.6 Å². The highest BCUT2D eigenvalue weighted by Gasteiger charge is 2.24. The summed E-state index contributed by atoms with van der Waals surface area (Å²) < 4.78 is 5.84. The summed E-state index contributed by atoms with van der Waals surface area (Å²) in [7, 11) is 0. The molecule has 1 aromatic heterocycles. The number of carbonyl (C=O) groups is 1. The summed E-state index contributed by atoms with van der Waals surface area (Å²) in [5.41, 5.74) is 1.63. The van der Waals surface area contributed by atoms with Gasteiger partial charge in [0.2, 0.25) is 5.88 Å². The zero-order valence-corrected chi connectivity index (χ0v) is 17.9. The van der Waals surface area contributed by atoms with Crippen LogP contribution in [0.1, 0.15) is 15.9 Å². The molecular formula is C22H20Cl2N4O2. The Balaban J connectivity index is 1.40. The van der Waals surface area contributed by atoms with E-state index in [2.05, 4.69) is 14.9 Å². The lowest BCUT2D eigenvalue weighted by Crippen LogP contribution is -2.49. The van der Waals surface area contributed by atoms with Crippen molar-refractivity contribution >= 4 is 34.9 Å². The number of aryl methyl sites for hydroxylation is 1. The van der Waals surface area contributed by atoms with Crippen LogP contribution in [0.2, 0.25) is 10.0 Å². The zero-order valence-electron chi connectivity index (χ0n) is 16.4. The van der Waals surface area contributed by atoms with E-state index in [0.29, 0.717) is 47.7 Å². The van der Waals surface area contributed by atoms with Crippen LogP contribution < -0.4 is 9.64 Å². The summed E-state index contributed by atoms with van der Waals surface area (Å²) in [6.07, 6.45) is 1.49. The summed E-state index contributed by atoms with van der Waals surface area (Å²) in [6, 6.07) is 14.5. The molecule has 0 radical (unpaired) electrons. The SMILES string of the molecule is Cc1ccc(Oc2cc(N3CCN(C(=O)c4ccc(Cl)cc4Cl)CC3)ncn2)cc1. The van der Waals surface area contributed by atoms with Crippen LogP contribution in [-0.2, 0) is 0 Å². The second-order valence-corrected chi connectivity index (χ2v) is 7.88. The van der Waals surface area contributed by atoms with Crippen LogP contribution in [0.4, 0.5) is 5.82 Å². The average molecular weight is 443 g/mol. The third-order valence-electron chi connectivity index (χ3n) is 4.92. The maximum atomic E-state index is 12.8. The molecule has 0 aliphatic carbocycles. The van der Waals surface area contributed by atoms with Crippen molar-refractivity contribution in [2.75, 3.05) is 31.1 Å². The molecule has 0 N–H and O–H groups in total. The Hall–Kier alpha value is -2.83. The van der Waals surface area contributed by atoms with Crippen LogP contribution in [0.25, 0.3) is 0 Å². The van der Waals surface area contributed by atoms with Crippen LogP contribution in [-0.4, -0.2) is 47.0 Å². The highest BCUT2D eigenvalue weighted by molar-refractivity contribution is 6.36. The Morgan fingerprint density at radius 1 is 0.967 bits per heavy atom. The highest BCUT2D eigenvalue weighted by Crippen LogP contribution is 2.25. The highest BCUT2D eigenvalue weighted by atomic mass is 35.5. The van der Waals surface area contributed by atoms with Crippen LogP contribution in [0, 0.1) is 6.92 Å². The number of anilines is 1. The minimum atomic E-state index is -0.0950. The van der Waals surface area contributed by atoms with Crippen molar-refractivity contribution < 1.29 is 9.53 Å². The minimum absolute atomic E-state index is 0.0950.